The van der Waals surface area contributed by atoms with E-state index in [1.807, 2.05) is 13.8 Å². The highest BCUT2D eigenvalue weighted by molar-refractivity contribution is 6.05. The number of fused-ring (bicyclic) bond motifs is 1. The number of carbonyl (C=O) groups is 2. The number of methoxy groups -OCH3 is 1. The zero-order valence-electron chi connectivity index (χ0n) is 18.7. The number of esters is 1. The Morgan fingerprint density at radius 2 is 1.70 bits per heavy atom. The van der Waals surface area contributed by atoms with E-state index in [-0.39, 0.29) is 23.7 Å². The monoisotopic (exact) mass is 463 g/mol. The van der Waals surface area contributed by atoms with Crippen molar-refractivity contribution in [3.63, 3.8) is 0 Å². The molecule has 0 spiro atoms. The Bertz CT molecular complexity index is 1170. The Labute approximate surface area is 188 Å². The van der Waals surface area contributed by atoms with Crippen molar-refractivity contribution in [3.8, 4) is 17.2 Å². The van der Waals surface area contributed by atoms with E-state index in [9.17, 15) is 22.8 Å². The molecule has 0 saturated heterocycles. The van der Waals surface area contributed by atoms with Crippen LogP contribution in [0.3, 0.4) is 0 Å². The van der Waals surface area contributed by atoms with Gasteiger partial charge in [-0.15, -0.1) is 13.2 Å². The van der Waals surface area contributed by atoms with Gasteiger partial charge in [-0.05, 0) is 55.3 Å². The van der Waals surface area contributed by atoms with E-state index in [0.717, 1.165) is 18.6 Å². The van der Waals surface area contributed by atoms with Crippen molar-refractivity contribution in [2.24, 2.45) is 5.92 Å². The van der Waals surface area contributed by atoms with Crippen LogP contribution >= 0.6 is 0 Å². The van der Waals surface area contributed by atoms with Gasteiger partial charge in [0.15, 0.2) is 5.75 Å². The molecule has 0 aliphatic carbocycles. The van der Waals surface area contributed by atoms with Crippen molar-refractivity contribution in [3.05, 3.63) is 53.7 Å². The van der Waals surface area contributed by atoms with Gasteiger partial charge < -0.3 is 14.2 Å². The van der Waals surface area contributed by atoms with Gasteiger partial charge in [-0.25, -0.2) is 0 Å². The van der Waals surface area contributed by atoms with E-state index in [1.165, 1.54) is 23.8 Å². The van der Waals surface area contributed by atoms with Crippen molar-refractivity contribution < 1.29 is 37.0 Å². The Morgan fingerprint density at radius 1 is 1.06 bits per heavy atom. The van der Waals surface area contributed by atoms with Gasteiger partial charge in [0.25, 0.3) is 5.91 Å². The largest absolute Gasteiger partial charge is 0.573 e. The summed E-state index contributed by atoms with van der Waals surface area (Å²) in [4.78, 5) is 25.8. The van der Waals surface area contributed by atoms with Crippen LogP contribution in [0.15, 0.2) is 42.5 Å². The lowest BCUT2D eigenvalue weighted by atomic mass is 10.1. The summed E-state index contributed by atoms with van der Waals surface area (Å²) < 4.78 is 53.4. The molecule has 1 heterocycles. The molecule has 1 atom stereocenters. The molecule has 0 saturated carbocycles. The van der Waals surface area contributed by atoms with Crippen LogP contribution in [0.2, 0.25) is 0 Å². The lowest BCUT2D eigenvalue weighted by Crippen LogP contribution is -2.17. The normalized spacial score (nSPS) is 12.5. The number of hydrogen-bond donors (Lipinski definition) is 0. The number of carbonyl (C=O) groups excluding carboxylic acids is 2. The molecule has 1 aromatic heterocycles. The summed E-state index contributed by atoms with van der Waals surface area (Å²) in [6, 6.07) is 9.61. The second-order valence-electron chi connectivity index (χ2n) is 7.70. The molecule has 0 radical (unpaired) electrons. The van der Waals surface area contributed by atoms with Crippen LogP contribution in [0.5, 0.6) is 17.2 Å². The first-order valence-corrected chi connectivity index (χ1v) is 10.3. The molecule has 0 aliphatic rings. The second-order valence-corrected chi connectivity index (χ2v) is 7.70. The summed E-state index contributed by atoms with van der Waals surface area (Å²) in [6.07, 6.45) is -3.79. The van der Waals surface area contributed by atoms with Crippen molar-refractivity contribution >= 4 is 22.8 Å². The number of ether oxygens (including phenoxy) is 3. The molecule has 9 heteroatoms. The first-order valence-electron chi connectivity index (χ1n) is 10.3. The van der Waals surface area contributed by atoms with Crippen molar-refractivity contribution in [1.29, 1.82) is 0 Å². The van der Waals surface area contributed by atoms with Gasteiger partial charge in [-0.3, -0.25) is 14.2 Å². The Hall–Kier alpha value is -3.49. The van der Waals surface area contributed by atoms with Gasteiger partial charge in [0.05, 0.1) is 18.3 Å². The minimum absolute atomic E-state index is 0.137. The maximum Gasteiger partial charge on any atom is 0.573 e. The van der Waals surface area contributed by atoms with Gasteiger partial charge >= 0.3 is 12.3 Å². The van der Waals surface area contributed by atoms with E-state index >= 15 is 0 Å². The fourth-order valence-corrected chi connectivity index (χ4v) is 3.40. The average Bonchev–Trinajstić information content (AvgIpc) is 3.03. The van der Waals surface area contributed by atoms with E-state index in [0.29, 0.717) is 22.3 Å². The molecule has 176 valence electrons. The Morgan fingerprint density at radius 3 is 2.27 bits per heavy atom. The SMILES string of the molecule is CCC(C)CC(=O)Oc1c(C)n(C(=O)c2ccc(OC(F)(F)F)cc2)c2ccc(OC)cc12. The Kier molecular flexibility index (Phi) is 7.00. The molecular weight excluding hydrogens is 439 g/mol. The number of hydrogen-bond acceptors (Lipinski definition) is 5. The van der Waals surface area contributed by atoms with Gasteiger partial charge in [-0.1, -0.05) is 20.3 Å². The van der Waals surface area contributed by atoms with Crippen molar-refractivity contribution in [1.82, 2.24) is 4.57 Å². The van der Waals surface area contributed by atoms with Crippen LogP contribution in [0.4, 0.5) is 13.2 Å². The van der Waals surface area contributed by atoms with Crippen LogP contribution in [-0.2, 0) is 4.79 Å². The van der Waals surface area contributed by atoms with Crippen LogP contribution < -0.4 is 14.2 Å². The van der Waals surface area contributed by atoms with Gasteiger partial charge in [0.1, 0.15) is 11.5 Å². The van der Waals surface area contributed by atoms with Crippen LogP contribution in [0.25, 0.3) is 10.9 Å². The molecule has 6 nitrogen and oxygen atoms in total. The molecule has 2 aromatic carbocycles. The third-order valence-electron chi connectivity index (χ3n) is 5.32. The molecule has 0 N–H and O–H groups in total. The summed E-state index contributed by atoms with van der Waals surface area (Å²) in [5.74, 6) is -0.458. The summed E-state index contributed by atoms with van der Waals surface area (Å²) in [7, 11) is 1.50. The van der Waals surface area contributed by atoms with E-state index in [2.05, 4.69) is 4.74 Å². The van der Waals surface area contributed by atoms with Gasteiger partial charge in [-0.2, -0.15) is 0 Å². The average molecular weight is 463 g/mol. The summed E-state index contributed by atoms with van der Waals surface area (Å²) in [5, 5.41) is 0.509. The smallest absolute Gasteiger partial charge is 0.497 e. The van der Waals surface area contributed by atoms with Gasteiger partial charge in [0, 0.05) is 17.4 Å². The lowest BCUT2D eigenvalue weighted by Gasteiger charge is -2.11. The first kappa shape index (κ1) is 24.2. The fraction of sp³-hybridized carbons (Fsp3) is 0.333. The predicted octanol–water partition coefficient (Wildman–Crippen LogP) is 5.89. The summed E-state index contributed by atoms with van der Waals surface area (Å²) in [5.41, 5.74) is 0.995. The molecule has 0 amide bonds. The van der Waals surface area contributed by atoms with E-state index < -0.39 is 24.0 Å². The highest BCUT2D eigenvalue weighted by Crippen LogP contribution is 2.36. The minimum atomic E-state index is -4.83. The predicted molar refractivity (Wildman–Crippen MR) is 116 cm³/mol. The topological polar surface area (TPSA) is 66.8 Å². The summed E-state index contributed by atoms with van der Waals surface area (Å²) >= 11 is 0. The number of rotatable bonds is 7. The highest BCUT2D eigenvalue weighted by atomic mass is 19.4. The molecule has 33 heavy (non-hydrogen) atoms. The second kappa shape index (κ2) is 9.56. The molecule has 1 unspecified atom stereocenters. The molecule has 0 fully saturated rings. The first-order chi connectivity index (χ1) is 15.5. The summed E-state index contributed by atoms with van der Waals surface area (Å²) in [6.45, 7) is 5.55. The molecule has 3 rings (SSSR count). The van der Waals surface area contributed by atoms with E-state index in [4.69, 9.17) is 9.47 Å². The van der Waals surface area contributed by atoms with Crippen molar-refractivity contribution in [2.45, 2.75) is 40.0 Å². The molecular formula is C24H24F3NO5. The number of nitrogens with zero attached hydrogens (tertiary/aromatic N) is 1. The lowest BCUT2D eigenvalue weighted by molar-refractivity contribution is -0.274. The molecule has 0 aliphatic heterocycles. The third-order valence-corrected chi connectivity index (χ3v) is 5.32. The maximum atomic E-state index is 13.3. The van der Waals surface area contributed by atoms with E-state index in [1.54, 1.807) is 25.1 Å². The number of alkyl halides is 3. The number of aromatic nitrogens is 1. The number of halogens is 3. The molecule has 0 bridgehead atoms. The standard InChI is InChI=1S/C24H24F3NO5/c1-5-14(2)12-21(29)32-22-15(3)28(20-11-10-18(31-4)13-19(20)22)23(30)16-6-8-17(9-7-16)33-24(25,26)27/h6-11,13-14H,5,12H2,1-4H3. The fourth-order valence-electron chi connectivity index (χ4n) is 3.40. The number of benzene rings is 2. The molecule has 3 aromatic rings. The maximum absolute atomic E-state index is 13.3. The van der Waals surface area contributed by atoms with Crippen molar-refractivity contribution in [2.75, 3.05) is 7.11 Å². The van der Waals surface area contributed by atoms with Gasteiger partial charge in [0.2, 0.25) is 0 Å². The highest BCUT2D eigenvalue weighted by Gasteiger charge is 2.31. The van der Waals surface area contributed by atoms with Crippen LogP contribution in [0, 0.1) is 12.8 Å². The zero-order chi connectivity index (χ0) is 24.3. The quantitative estimate of drug-likeness (QED) is 0.409. The third kappa shape index (κ3) is 5.47. The minimum Gasteiger partial charge on any atom is -0.497 e. The Balaban J connectivity index is 2.02. The van der Waals surface area contributed by atoms with Crippen LogP contribution in [0.1, 0.15) is 42.7 Å². The van der Waals surface area contributed by atoms with Crippen LogP contribution in [-0.4, -0.2) is 29.9 Å². The zero-order valence-corrected chi connectivity index (χ0v) is 18.7.